The molecule has 8 nitrogen and oxygen atoms in total. The number of alkyl halides is 1. The lowest BCUT2D eigenvalue weighted by molar-refractivity contribution is -0.135. The normalized spacial score (nSPS) is 22.2. The fourth-order valence-electron chi connectivity index (χ4n) is 9.81. The number of fused-ring (bicyclic) bond motifs is 4. The molecular weight excluding hydrogens is 737 g/mol. The van der Waals surface area contributed by atoms with Crippen molar-refractivity contribution in [2.75, 3.05) is 48.4 Å². The first-order chi connectivity index (χ1) is 27.8. The van der Waals surface area contributed by atoms with E-state index in [9.17, 15) is 14.7 Å². The van der Waals surface area contributed by atoms with E-state index in [2.05, 4.69) is 68.5 Å². The van der Waals surface area contributed by atoms with Gasteiger partial charge in [-0.15, -0.1) is 11.6 Å². The minimum atomic E-state index is -0.457. The number of benzene rings is 4. The summed E-state index contributed by atoms with van der Waals surface area (Å²) in [4.78, 5) is 31.7. The van der Waals surface area contributed by atoms with Crippen LogP contribution in [0.15, 0.2) is 103 Å². The number of nitrogens with one attached hydrogen (secondary N) is 1. The first kappa shape index (κ1) is 37.5. The van der Waals surface area contributed by atoms with Crippen molar-refractivity contribution in [3.05, 3.63) is 126 Å². The van der Waals surface area contributed by atoms with Gasteiger partial charge in [-0.1, -0.05) is 54.6 Å². The molecule has 10 heteroatoms. The maximum absolute atomic E-state index is 15.7. The zero-order valence-electron chi connectivity index (χ0n) is 32.1. The molecular formula is C47H49ClFN5O3. The SMILES string of the molecule is O=C1CCC(n2cc3cc(F)c(N4CC5CCC4CN5CC4CCN(c5ccc(C(=C(CCCl)c6ccccc6)c6ccc(O)cc6)cc5)CC4)cc3c2)C(=O)N1. The van der Waals surface area contributed by atoms with Gasteiger partial charge in [-0.3, -0.25) is 19.8 Å². The number of anilines is 2. The van der Waals surface area contributed by atoms with Crippen LogP contribution in [0.25, 0.3) is 21.9 Å². The molecule has 3 atom stereocenters. The number of carbonyl (C=O) groups is 2. The Labute approximate surface area is 338 Å². The molecule has 0 radical (unpaired) electrons. The maximum Gasteiger partial charge on any atom is 0.249 e. The van der Waals surface area contributed by atoms with Crippen molar-refractivity contribution in [2.24, 2.45) is 5.92 Å². The summed E-state index contributed by atoms with van der Waals surface area (Å²) >= 11 is 6.37. The Balaban J connectivity index is 0.843. The van der Waals surface area contributed by atoms with E-state index in [1.807, 2.05) is 41.2 Å². The summed E-state index contributed by atoms with van der Waals surface area (Å²) in [5.74, 6) is 0.622. The van der Waals surface area contributed by atoms with Gasteiger partial charge in [0.25, 0.3) is 0 Å². The van der Waals surface area contributed by atoms with Crippen molar-refractivity contribution in [3.63, 3.8) is 0 Å². The van der Waals surface area contributed by atoms with Crippen molar-refractivity contribution < 1.29 is 19.1 Å². The molecule has 57 heavy (non-hydrogen) atoms. The zero-order valence-corrected chi connectivity index (χ0v) is 32.9. The minimum absolute atomic E-state index is 0.220. The van der Waals surface area contributed by atoms with E-state index in [0.717, 1.165) is 97.9 Å². The molecule has 5 aliphatic heterocycles. The van der Waals surface area contributed by atoms with E-state index in [1.165, 1.54) is 11.3 Å². The number of aromatic nitrogens is 1. The lowest BCUT2D eigenvalue weighted by Gasteiger charge is -2.53. The van der Waals surface area contributed by atoms with E-state index < -0.39 is 6.04 Å². The molecule has 0 saturated carbocycles. The number of piperazine rings is 1. The van der Waals surface area contributed by atoms with Gasteiger partial charge in [-0.2, -0.15) is 0 Å². The lowest BCUT2D eigenvalue weighted by Crippen LogP contribution is -2.63. The summed E-state index contributed by atoms with van der Waals surface area (Å²) in [5.41, 5.74) is 7.53. The average Bonchev–Trinajstić information content (AvgIpc) is 3.64. The maximum atomic E-state index is 15.7. The molecule has 6 heterocycles. The highest BCUT2D eigenvalue weighted by Crippen LogP contribution is 2.39. The molecule has 5 aliphatic rings. The van der Waals surface area contributed by atoms with Crippen molar-refractivity contribution in [1.82, 2.24) is 14.8 Å². The molecule has 3 unspecified atom stereocenters. The quantitative estimate of drug-likeness (QED) is 0.0839. The summed E-state index contributed by atoms with van der Waals surface area (Å²) in [5, 5.41) is 14.2. The van der Waals surface area contributed by atoms with Gasteiger partial charge in [0.05, 0.1) is 5.69 Å². The molecule has 2 amide bonds. The molecule has 10 rings (SSSR count). The Bertz CT molecular complexity index is 2280. The molecule has 2 N–H and O–H groups in total. The second-order valence-corrected chi connectivity index (χ2v) is 16.7. The third-order valence-electron chi connectivity index (χ3n) is 12.8. The Morgan fingerprint density at radius 2 is 1.47 bits per heavy atom. The van der Waals surface area contributed by atoms with Crippen molar-refractivity contribution >= 4 is 56.7 Å². The van der Waals surface area contributed by atoms with Gasteiger partial charge in [0, 0.05) is 86.0 Å². The fourth-order valence-corrected chi connectivity index (χ4v) is 10.0. The first-order valence-electron chi connectivity index (χ1n) is 20.5. The molecule has 5 saturated heterocycles. The third-order valence-corrected chi connectivity index (χ3v) is 13.0. The Kier molecular flexibility index (Phi) is 10.5. The summed E-state index contributed by atoms with van der Waals surface area (Å²) < 4.78 is 17.6. The monoisotopic (exact) mass is 785 g/mol. The molecule has 0 aliphatic carbocycles. The highest BCUT2D eigenvalue weighted by Gasteiger charge is 2.41. The van der Waals surface area contributed by atoms with Crippen LogP contribution >= 0.6 is 11.6 Å². The number of phenolic OH excluding ortho intramolecular Hbond substituents is 1. The van der Waals surface area contributed by atoms with Gasteiger partial charge >= 0.3 is 0 Å². The van der Waals surface area contributed by atoms with Gasteiger partial charge in [0.15, 0.2) is 0 Å². The van der Waals surface area contributed by atoms with Gasteiger partial charge in [-0.05, 0) is 109 Å². The Hall–Kier alpha value is -5.12. The number of aromatic hydroxyl groups is 1. The van der Waals surface area contributed by atoms with E-state index in [0.29, 0.717) is 36.4 Å². The average molecular weight is 786 g/mol. The molecule has 4 aromatic carbocycles. The number of allylic oxidation sites excluding steroid dienone is 1. The minimum Gasteiger partial charge on any atom is -0.508 e. The number of carbonyl (C=O) groups excluding carboxylic acids is 2. The molecule has 0 spiro atoms. The van der Waals surface area contributed by atoms with Crippen molar-refractivity contribution in [1.29, 1.82) is 0 Å². The van der Waals surface area contributed by atoms with Crippen LogP contribution in [0.4, 0.5) is 15.8 Å². The zero-order chi connectivity index (χ0) is 39.0. The van der Waals surface area contributed by atoms with Gasteiger partial charge in [0.2, 0.25) is 11.8 Å². The van der Waals surface area contributed by atoms with E-state index in [1.54, 1.807) is 18.2 Å². The fraction of sp³-hybridized carbons (Fsp3) is 0.362. The van der Waals surface area contributed by atoms with E-state index >= 15 is 4.39 Å². The van der Waals surface area contributed by atoms with Gasteiger partial charge in [-0.25, -0.2) is 4.39 Å². The number of imide groups is 1. The highest BCUT2D eigenvalue weighted by atomic mass is 35.5. The van der Waals surface area contributed by atoms with Crippen LogP contribution < -0.4 is 15.1 Å². The summed E-state index contributed by atoms with van der Waals surface area (Å²) in [7, 11) is 0. The number of rotatable bonds is 10. The van der Waals surface area contributed by atoms with Crippen LogP contribution in [0, 0.1) is 11.7 Å². The number of amides is 2. The number of piperidine rings is 4. The first-order valence-corrected chi connectivity index (χ1v) is 21.0. The standard InChI is InChI=1S/C47H49ClFN5O3/c48-21-18-41(32-4-2-1-3-5-32)46(34-8-14-40(55)15-9-34)33-6-10-37(11-7-33)51-22-19-31(20-23-51)26-52-29-39-13-12-38(52)30-54(39)44-25-36-28-53(27-35(36)24-42(44)49)43-16-17-45(56)50-47(43)57/h1-11,14-15,24-25,27-28,31,38-39,43,55H,12-13,16-23,26,29-30H2,(H,50,56,57). The molecule has 1 aromatic heterocycles. The Morgan fingerprint density at radius 3 is 2.14 bits per heavy atom. The predicted molar refractivity (Wildman–Crippen MR) is 226 cm³/mol. The topological polar surface area (TPSA) is 81.1 Å². The lowest BCUT2D eigenvalue weighted by atomic mass is 9.87. The number of halogens is 2. The van der Waals surface area contributed by atoms with Crippen LogP contribution in [0.1, 0.15) is 67.7 Å². The predicted octanol–water partition coefficient (Wildman–Crippen LogP) is 8.62. The third kappa shape index (κ3) is 7.67. The van der Waals surface area contributed by atoms with Crippen molar-refractivity contribution in [3.8, 4) is 5.75 Å². The van der Waals surface area contributed by atoms with Crippen molar-refractivity contribution in [2.45, 2.75) is 63.1 Å². The van der Waals surface area contributed by atoms with Crippen LogP contribution in [0.2, 0.25) is 0 Å². The highest BCUT2D eigenvalue weighted by molar-refractivity contribution is 6.18. The summed E-state index contributed by atoms with van der Waals surface area (Å²) in [6.45, 7) is 4.89. The number of hydrogen-bond acceptors (Lipinski definition) is 6. The number of nitrogens with zero attached hydrogens (tertiary/aromatic N) is 4. The summed E-state index contributed by atoms with van der Waals surface area (Å²) in [6, 6.07) is 30.6. The van der Waals surface area contributed by atoms with E-state index in [4.69, 9.17) is 11.6 Å². The Morgan fingerprint density at radius 1 is 0.789 bits per heavy atom. The van der Waals surface area contributed by atoms with Crippen LogP contribution in [-0.2, 0) is 9.59 Å². The van der Waals surface area contributed by atoms with Crippen LogP contribution in [0.3, 0.4) is 0 Å². The second-order valence-electron chi connectivity index (χ2n) is 16.3. The molecule has 5 fully saturated rings. The van der Waals surface area contributed by atoms with Gasteiger partial charge < -0.3 is 19.5 Å². The van der Waals surface area contributed by atoms with Crippen LogP contribution in [0.5, 0.6) is 5.75 Å². The smallest absolute Gasteiger partial charge is 0.249 e. The van der Waals surface area contributed by atoms with E-state index in [-0.39, 0.29) is 29.4 Å². The molecule has 294 valence electrons. The second kappa shape index (κ2) is 16.0. The van der Waals surface area contributed by atoms with Gasteiger partial charge in [0.1, 0.15) is 17.6 Å². The van der Waals surface area contributed by atoms with Crippen LogP contribution in [-0.4, -0.2) is 77.1 Å². The largest absolute Gasteiger partial charge is 0.508 e. The number of hydrogen-bond donors (Lipinski definition) is 2. The molecule has 5 aromatic rings. The number of phenols is 1. The molecule has 2 bridgehead atoms. The summed E-state index contributed by atoms with van der Waals surface area (Å²) in [6.07, 6.45) is 9.71.